The van der Waals surface area contributed by atoms with E-state index in [1.54, 1.807) is 6.07 Å². The van der Waals surface area contributed by atoms with Gasteiger partial charge in [0.1, 0.15) is 11.2 Å². The topological polar surface area (TPSA) is 6.89 Å². The maximum atomic E-state index is 16.5. The normalized spacial score (nSPS) is 28.4. The third kappa shape index (κ3) is 2.98. The Morgan fingerprint density at radius 3 is 2.48 bits per heavy atom. The number of aryl methyl sites for hydroxylation is 1. The molecule has 44 heavy (non-hydrogen) atoms. The molecule has 1 spiro atoms. The van der Waals surface area contributed by atoms with Gasteiger partial charge in [0.2, 0.25) is 11.2 Å². The Labute approximate surface area is 263 Å². The molecule has 2 nitrogen and oxygen atoms in total. The standard InChI is InChI=1S/C41H47FN2/c1-10-15-17-28-23-29-20-22-44-37-34(29)32(24-28)38(8,9)36-33(42)19-18-31(35(36)37)40(14-5)39(44,13-4)25-41(40)30(16-11-2)26(6)27(7)43(41)21-12-3/h11-12,16,18-24H,2,6,10,13-15,17,25H2,1,3-5,7-9H3/q+2. The Hall–Kier alpha value is -3.59. The molecule has 0 N–H and O–H groups in total. The summed E-state index contributed by atoms with van der Waals surface area (Å²) in [5.41, 5.74) is 9.22. The van der Waals surface area contributed by atoms with E-state index in [2.05, 4.69) is 120 Å². The van der Waals surface area contributed by atoms with Crippen LogP contribution in [-0.2, 0) is 22.8 Å². The molecule has 2 aliphatic carbocycles. The Morgan fingerprint density at radius 1 is 1.05 bits per heavy atom. The summed E-state index contributed by atoms with van der Waals surface area (Å²) in [7, 11) is 0. The van der Waals surface area contributed by atoms with E-state index in [9.17, 15) is 0 Å². The fourth-order valence-corrected chi connectivity index (χ4v) is 10.6. The van der Waals surface area contributed by atoms with Gasteiger partial charge in [-0.3, -0.25) is 0 Å². The van der Waals surface area contributed by atoms with Crippen LogP contribution < -0.4 is 4.57 Å². The van der Waals surface area contributed by atoms with Crippen LogP contribution in [0.2, 0.25) is 0 Å². The van der Waals surface area contributed by atoms with Gasteiger partial charge in [-0.25, -0.2) is 4.39 Å². The predicted octanol–water partition coefficient (Wildman–Crippen LogP) is 9.51. The third-order valence-electron chi connectivity index (χ3n) is 12.3. The van der Waals surface area contributed by atoms with Crippen molar-refractivity contribution in [3.8, 4) is 11.3 Å². The minimum atomic E-state index is -0.482. The van der Waals surface area contributed by atoms with Gasteiger partial charge in [-0.1, -0.05) is 84.5 Å². The number of nitrogens with zero attached hydrogens (tertiary/aromatic N) is 2. The van der Waals surface area contributed by atoms with E-state index >= 15 is 4.39 Å². The molecule has 1 aromatic heterocycles. The number of benzene rings is 2. The number of fused-ring (bicyclic) bond motifs is 4. The molecule has 0 saturated heterocycles. The van der Waals surface area contributed by atoms with Crippen LogP contribution >= 0.6 is 0 Å². The fourth-order valence-electron chi connectivity index (χ4n) is 10.6. The summed E-state index contributed by atoms with van der Waals surface area (Å²) < 4.78 is 21.7. The molecule has 4 aliphatic rings. The summed E-state index contributed by atoms with van der Waals surface area (Å²) in [6.07, 6.45) is 17.1. The van der Waals surface area contributed by atoms with Gasteiger partial charge in [-0.15, -0.1) is 0 Å². The van der Waals surface area contributed by atoms with Gasteiger partial charge in [0.05, 0.1) is 17.4 Å². The summed E-state index contributed by atoms with van der Waals surface area (Å²) in [6, 6.07) is 11.1. The van der Waals surface area contributed by atoms with Crippen LogP contribution in [0.15, 0.2) is 85.3 Å². The quantitative estimate of drug-likeness (QED) is 0.243. The van der Waals surface area contributed by atoms with Crippen molar-refractivity contribution in [1.29, 1.82) is 0 Å². The van der Waals surface area contributed by atoms with E-state index < -0.39 is 5.41 Å². The first-order valence-corrected chi connectivity index (χ1v) is 16.7. The van der Waals surface area contributed by atoms with Crippen molar-refractivity contribution < 1.29 is 13.5 Å². The first kappa shape index (κ1) is 29.1. The minimum Gasteiger partial charge on any atom is -0.207 e. The van der Waals surface area contributed by atoms with Crippen molar-refractivity contribution in [1.82, 2.24) is 0 Å². The second-order valence-electron chi connectivity index (χ2n) is 14.1. The van der Waals surface area contributed by atoms with Crippen molar-refractivity contribution in [2.24, 2.45) is 0 Å². The first-order chi connectivity index (χ1) is 21.1. The third-order valence-corrected chi connectivity index (χ3v) is 12.3. The van der Waals surface area contributed by atoms with Crippen molar-refractivity contribution in [3.63, 3.8) is 0 Å². The minimum absolute atomic E-state index is 0.101. The van der Waals surface area contributed by atoms with Crippen LogP contribution in [0.1, 0.15) is 103 Å². The molecule has 3 atom stereocenters. The molecule has 3 heterocycles. The number of rotatable bonds is 7. The number of hydrogen-bond acceptors (Lipinski definition) is 0. The zero-order chi connectivity index (χ0) is 31.4. The fraction of sp³-hybridized carbons (Fsp3) is 0.415. The molecule has 3 unspecified atom stereocenters. The highest BCUT2D eigenvalue weighted by Crippen LogP contribution is 2.73. The van der Waals surface area contributed by atoms with E-state index in [0.717, 1.165) is 55.2 Å². The zero-order valence-electron chi connectivity index (χ0n) is 27.7. The summed E-state index contributed by atoms with van der Waals surface area (Å²) in [4.78, 5) is 0. The van der Waals surface area contributed by atoms with E-state index in [0.29, 0.717) is 0 Å². The Balaban J connectivity index is 1.67. The molecule has 7 rings (SSSR count). The summed E-state index contributed by atoms with van der Waals surface area (Å²) >= 11 is 0. The molecule has 0 amide bonds. The van der Waals surface area contributed by atoms with Gasteiger partial charge in [0, 0.05) is 41.5 Å². The summed E-state index contributed by atoms with van der Waals surface area (Å²) in [5, 5.41) is 2.58. The number of allylic oxidation sites excluding steroid dienone is 3. The molecule has 1 saturated carbocycles. The van der Waals surface area contributed by atoms with E-state index in [4.69, 9.17) is 0 Å². The molecular formula is C41H47FN2+2. The molecule has 1 fully saturated rings. The van der Waals surface area contributed by atoms with Crippen LogP contribution in [0.4, 0.5) is 4.39 Å². The number of pyridine rings is 1. The molecule has 2 aliphatic heterocycles. The summed E-state index contributed by atoms with van der Waals surface area (Å²) in [5.74, 6) is -0.101. The van der Waals surface area contributed by atoms with E-state index in [-0.39, 0.29) is 22.3 Å². The lowest BCUT2D eigenvalue weighted by Crippen LogP contribution is -2.87. The van der Waals surface area contributed by atoms with Gasteiger partial charge in [-0.2, -0.15) is 9.14 Å². The lowest BCUT2D eigenvalue weighted by atomic mass is 9.36. The molecular weight excluding hydrogens is 539 g/mol. The predicted molar refractivity (Wildman–Crippen MR) is 181 cm³/mol. The van der Waals surface area contributed by atoms with Crippen molar-refractivity contribution in [3.05, 3.63) is 113 Å². The van der Waals surface area contributed by atoms with Gasteiger partial charge >= 0.3 is 0 Å². The second-order valence-corrected chi connectivity index (χ2v) is 14.1. The number of hydrogen-bond donors (Lipinski definition) is 0. The number of unbranched alkanes of at least 4 members (excludes halogenated alkanes) is 1. The van der Waals surface area contributed by atoms with Crippen molar-refractivity contribution >= 4 is 16.5 Å². The van der Waals surface area contributed by atoms with Crippen LogP contribution in [0.3, 0.4) is 0 Å². The smallest absolute Gasteiger partial charge is 0.207 e. The van der Waals surface area contributed by atoms with E-state index in [1.165, 1.54) is 44.4 Å². The number of aromatic nitrogens is 1. The molecule has 3 aromatic rings. The van der Waals surface area contributed by atoms with Crippen LogP contribution in [0.25, 0.3) is 22.0 Å². The van der Waals surface area contributed by atoms with Crippen LogP contribution in [-0.4, -0.2) is 15.8 Å². The molecule has 0 radical (unpaired) electrons. The van der Waals surface area contributed by atoms with Gasteiger partial charge in [0.15, 0.2) is 23.6 Å². The van der Waals surface area contributed by atoms with Gasteiger partial charge in [0.25, 0.3) is 0 Å². The highest BCUT2D eigenvalue weighted by molar-refractivity contribution is 6.04. The van der Waals surface area contributed by atoms with Gasteiger partial charge in [-0.05, 0) is 60.4 Å². The Kier molecular flexibility index (Phi) is 6.26. The largest absolute Gasteiger partial charge is 0.221 e. The zero-order valence-corrected chi connectivity index (χ0v) is 27.7. The molecule has 3 heteroatoms. The maximum Gasteiger partial charge on any atom is 0.221 e. The monoisotopic (exact) mass is 586 g/mol. The second kappa shape index (κ2) is 9.46. The summed E-state index contributed by atoms with van der Waals surface area (Å²) in [6.45, 7) is 24.5. The Morgan fingerprint density at radius 2 is 1.82 bits per heavy atom. The lowest BCUT2D eigenvalue weighted by molar-refractivity contribution is -0.809. The number of halogens is 1. The Bertz CT molecular complexity index is 1900. The maximum absolute atomic E-state index is 16.5. The molecule has 0 bridgehead atoms. The molecule has 226 valence electrons. The highest BCUT2D eigenvalue weighted by atomic mass is 19.1. The highest BCUT2D eigenvalue weighted by Gasteiger charge is 2.88. The van der Waals surface area contributed by atoms with Crippen LogP contribution in [0, 0.1) is 5.82 Å². The van der Waals surface area contributed by atoms with Crippen molar-refractivity contribution in [2.75, 3.05) is 0 Å². The average molecular weight is 587 g/mol. The average Bonchev–Trinajstić information content (AvgIpc) is 3.20. The lowest BCUT2D eigenvalue weighted by Gasteiger charge is -2.65. The SMILES string of the molecule is C=CC=C1C(=C)C(C)=[N+](C=CC)C12CC1(CC)[n+]3ccc4cc(CCCC)cc5c4c3-c3c(ccc(F)c3C5(C)C)C21CC. The van der Waals surface area contributed by atoms with Crippen molar-refractivity contribution in [2.45, 2.75) is 109 Å². The van der Waals surface area contributed by atoms with Gasteiger partial charge < -0.3 is 0 Å². The van der Waals surface area contributed by atoms with Crippen LogP contribution in [0.5, 0.6) is 0 Å². The molecule has 2 aromatic carbocycles. The first-order valence-electron chi connectivity index (χ1n) is 16.7. The van der Waals surface area contributed by atoms with E-state index in [1.807, 2.05) is 6.08 Å².